The van der Waals surface area contributed by atoms with Gasteiger partial charge < -0.3 is 10.1 Å². The zero-order valence-corrected chi connectivity index (χ0v) is 9.25. The SMILES string of the molecule is O=CC1C2CNC(c3cccc(F)c3Cl)C12. The third-order valence-corrected chi connectivity index (χ3v) is 4.12. The van der Waals surface area contributed by atoms with Gasteiger partial charge in [0.1, 0.15) is 12.1 Å². The standard InChI is InChI=1S/C12H11ClFNO/c13-11-6(2-1-3-9(11)14)12-10-7(4-15-12)8(10)5-16/h1-3,5,7-8,10,12,15H,4H2. The third kappa shape index (κ3) is 1.31. The first kappa shape index (κ1) is 10.2. The minimum Gasteiger partial charge on any atom is -0.309 e. The summed E-state index contributed by atoms with van der Waals surface area (Å²) < 4.78 is 13.3. The summed E-state index contributed by atoms with van der Waals surface area (Å²) in [7, 11) is 0. The van der Waals surface area contributed by atoms with Crippen LogP contribution in [0.2, 0.25) is 5.02 Å². The summed E-state index contributed by atoms with van der Waals surface area (Å²) in [6, 6.07) is 4.86. The number of fused-ring (bicyclic) bond motifs is 1. The van der Waals surface area contributed by atoms with Gasteiger partial charge in [-0.3, -0.25) is 0 Å². The van der Waals surface area contributed by atoms with Gasteiger partial charge in [0.2, 0.25) is 0 Å². The Hall–Kier alpha value is -0.930. The lowest BCUT2D eigenvalue weighted by Crippen LogP contribution is -2.21. The van der Waals surface area contributed by atoms with Gasteiger partial charge in [0, 0.05) is 12.0 Å². The van der Waals surface area contributed by atoms with E-state index in [4.69, 9.17) is 11.6 Å². The van der Waals surface area contributed by atoms with E-state index in [9.17, 15) is 9.18 Å². The van der Waals surface area contributed by atoms with Gasteiger partial charge in [-0.15, -0.1) is 0 Å². The summed E-state index contributed by atoms with van der Waals surface area (Å²) in [5, 5.41) is 3.47. The molecule has 0 aromatic heterocycles. The van der Waals surface area contributed by atoms with Gasteiger partial charge in [0.05, 0.1) is 5.02 Å². The predicted octanol–water partition coefficient (Wildman–Crippen LogP) is 2.18. The van der Waals surface area contributed by atoms with Gasteiger partial charge in [-0.05, 0) is 30.0 Å². The van der Waals surface area contributed by atoms with E-state index >= 15 is 0 Å². The zero-order chi connectivity index (χ0) is 11.3. The maximum atomic E-state index is 13.3. The highest BCUT2D eigenvalue weighted by Crippen LogP contribution is 2.56. The number of halogens is 2. The molecule has 4 atom stereocenters. The molecule has 4 heteroatoms. The predicted molar refractivity (Wildman–Crippen MR) is 58.7 cm³/mol. The number of nitrogens with one attached hydrogen (secondary N) is 1. The number of benzene rings is 1. The maximum Gasteiger partial charge on any atom is 0.142 e. The first-order chi connectivity index (χ1) is 7.74. The quantitative estimate of drug-likeness (QED) is 0.802. The Bertz CT molecular complexity index is 451. The normalized spacial score (nSPS) is 35.9. The van der Waals surface area contributed by atoms with Gasteiger partial charge in [0.25, 0.3) is 0 Å². The number of hydrogen-bond acceptors (Lipinski definition) is 2. The van der Waals surface area contributed by atoms with Crippen molar-refractivity contribution in [2.75, 3.05) is 6.54 Å². The molecule has 1 aliphatic carbocycles. The average molecular weight is 240 g/mol. The van der Waals surface area contributed by atoms with Crippen molar-refractivity contribution >= 4 is 17.9 Å². The van der Waals surface area contributed by atoms with Crippen LogP contribution in [0.1, 0.15) is 11.6 Å². The Morgan fingerprint density at radius 3 is 3.00 bits per heavy atom. The van der Waals surface area contributed by atoms with Crippen LogP contribution in [0.25, 0.3) is 0 Å². The summed E-state index contributed by atoms with van der Waals surface area (Å²) in [6.07, 6.45) is 1.01. The molecular weight excluding hydrogens is 229 g/mol. The second-order valence-corrected chi connectivity index (χ2v) is 4.86. The Morgan fingerprint density at radius 1 is 1.50 bits per heavy atom. The number of hydrogen-bond donors (Lipinski definition) is 1. The fourth-order valence-electron chi connectivity index (χ4n) is 2.84. The number of rotatable bonds is 2. The topological polar surface area (TPSA) is 29.1 Å². The number of aldehydes is 1. The van der Waals surface area contributed by atoms with Crippen molar-refractivity contribution in [2.24, 2.45) is 17.8 Å². The summed E-state index contributed by atoms with van der Waals surface area (Å²) in [4.78, 5) is 10.8. The van der Waals surface area contributed by atoms with E-state index in [1.807, 2.05) is 6.07 Å². The Kier molecular flexibility index (Phi) is 2.26. The van der Waals surface area contributed by atoms with Crippen LogP contribution in [-0.2, 0) is 4.79 Å². The molecule has 2 fully saturated rings. The van der Waals surface area contributed by atoms with E-state index < -0.39 is 5.82 Å². The molecule has 1 N–H and O–H groups in total. The maximum absolute atomic E-state index is 13.3. The Labute approximate surface area is 97.8 Å². The van der Waals surface area contributed by atoms with Crippen molar-refractivity contribution < 1.29 is 9.18 Å². The van der Waals surface area contributed by atoms with Gasteiger partial charge in [-0.1, -0.05) is 23.7 Å². The molecule has 4 unspecified atom stereocenters. The van der Waals surface area contributed by atoms with Crippen molar-refractivity contribution in [1.29, 1.82) is 0 Å². The molecule has 84 valence electrons. The molecule has 1 aromatic rings. The van der Waals surface area contributed by atoms with Crippen molar-refractivity contribution in [3.63, 3.8) is 0 Å². The molecule has 1 saturated heterocycles. The van der Waals surface area contributed by atoms with Crippen molar-refractivity contribution in [3.05, 3.63) is 34.6 Å². The molecule has 1 aromatic carbocycles. The molecular formula is C12H11ClFNO. The lowest BCUT2D eigenvalue weighted by atomic mass is 10.0. The second-order valence-electron chi connectivity index (χ2n) is 4.48. The zero-order valence-electron chi connectivity index (χ0n) is 8.49. The fraction of sp³-hybridized carbons (Fsp3) is 0.417. The molecule has 16 heavy (non-hydrogen) atoms. The van der Waals surface area contributed by atoms with E-state index in [0.29, 0.717) is 11.8 Å². The van der Waals surface area contributed by atoms with Crippen LogP contribution < -0.4 is 5.32 Å². The molecule has 0 radical (unpaired) electrons. The minimum absolute atomic E-state index is 0.0309. The highest BCUT2D eigenvalue weighted by molar-refractivity contribution is 6.31. The van der Waals surface area contributed by atoms with Gasteiger partial charge >= 0.3 is 0 Å². The number of carbonyl (C=O) groups is 1. The highest BCUT2D eigenvalue weighted by Gasteiger charge is 2.58. The Balaban J connectivity index is 1.93. The fourth-order valence-corrected chi connectivity index (χ4v) is 3.08. The Morgan fingerprint density at radius 2 is 2.31 bits per heavy atom. The minimum atomic E-state index is -0.396. The van der Waals surface area contributed by atoms with Gasteiger partial charge in [0.15, 0.2) is 0 Å². The molecule has 2 nitrogen and oxygen atoms in total. The van der Waals surface area contributed by atoms with Crippen molar-refractivity contribution in [1.82, 2.24) is 5.32 Å². The molecule has 1 heterocycles. The van der Waals surface area contributed by atoms with Crippen LogP contribution in [0, 0.1) is 23.6 Å². The van der Waals surface area contributed by atoms with E-state index in [1.54, 1.807) is 6.07 Å². The summed E-state index contributed by atoms with van der Waals surface area (Å²) >= 11 is 5.94. The smallest absolute Gasteiger partial charge is 0.142 e. The van der Waals surface area contributed by atoms with Crippen LogP contribution >= 0.6 is 11.6 Å². The molecule has 2 aliphatic rings. The molecule has 1 aliphatic heterocycles. The molecule has 0 bridgehead atoms. The average Bonchev–Trinajstić information content (AvgIpc) is 2.83. The molecule has 3 rings (SSSR count). The molecule has 1 saturated carbocycles. The van der Waals surface area contributed by atoms with E-state index in [2.05, 4.69) is 5.32 Å². The second kappa shape index (κ2) is 3.54. The van der Waals surface area contributed by atoms with Crippen LogP contribution in [0.4, 0.5) is 4.39 Å². The largest absolute Gasteiger partial charge is 0.309 e. The number of carbonyl (C=O) groups excluding carboxylic acids is 1. The first-order valence-electron chi connectivity index (χ1n) is 5.36. The van der Waals surface area contributed by atoms with Crippen LogP contribution in [0.3, 0.4) is 0 Å². The highest BCUT2D eigenvalue weighted by atomic mass is 35.5. The summed E-state index contributed by atoms with van der Waals surface area (Å²) in [5.41, 5.74) is 0.776. The first-order valence-corrected chi connectivity index (χ1v) is 5.74. The summed E-state index contributed by atoms with van der Waals surface area (Å²) in [5.74, 6) is 0.455. The van der Waals surface area contributed by atoms with Crippen molar-refractivity contribution in [2.45, 2.75) is 6.04 Å². The van der Waals surface area contributed by atoms with Gasteiger partial charge in [-0.2, -0.15) is 0 Å². The van der Waals surface area contributed by atoms with Crippen molar-refractivity contribution in [3.8, 4) is 0 Å². The van der Waals surface area contributed by atoms with Crippen LogP contribution in [-0.4, -0.2) is 12.8 Å². The number of piperidine rings is 1. The lowest BCUT2D eigenvalue weighted by molar-refractivity contribution is -0.109. The summed E-state index contributed by atoms with van der Waals surface area (Å²) in [6.45, 7) is 0.825. The van der Waals surface area contributed by atoms with E-state index in [1.165, 1.54) is 6.07 Å². The van der Waals surface area contributed by atoms with E-state index in [-0.39, 0.29) is 17.0 Å². The third-order valence-electron chi connectivity index (χ3n) is 3.72. The van der Waals surface area contributed by atoms with Gasteiger partial charge in [-0.25, -0.2) is 4.39 Å². The molecule has 0 spiro atoms. The van der Waals surface area contributed by atoms with Crippen LogP contribution in [0.15, 0.2) is 18.2 Å². The van der Waals surface area contributed by atoms with E-state index in [0.717, 1.165) is 18.4 Å². The van der Waals surface area contributed by atoms with Crippen LogP contribution in [0.5, 0.6) is 0 Å². The molecule has 0 amide bonds. The lowest BCUT2D eigenvalue weighted by Gasteiger charge is -2.16. The monoisotopic (exact) mass is 239 g/mol.